The van der Waals surface area contributed by atoms with E-state index in [2.05, 4.69) is 5.32 Å². The summed E-state index contributed by atoms with van der Waals surface area (Å²) < 4.78 is 5.02. The Morgan fingerprint density at radius 1 is 1.73 bits per heavy atom. The van der Waals surface area contributed by atoms with Crippen molar-refractivity contribution in [2.45, 2.75) is 12.5 Å². The summed E-state index contributed by atoms with van der Waals surface area (Å²) in [6.45, 7) is 1.42. The first kappa shape index (κ1) is 8.49. The largest absolute Gasteiger partial charge is 0.481 e. The van der Waals surface area contributed by atoms with Crippen LogP contribution in [0.25, 0.3) is 0 Å². The summed E-state index contributed by atoms with van der Waals surface area (Å²) in [5, 5.41) is 11.8. The molecule has 1 saturated heterocycles. The molecule has 4 nitrogen and oxygen atoms in total. The van der Waals surface area contributed by atoms with Gasteiger partial charge in [0, 0.05) is 13.7 Å². The Labute approximate surface area is 65.5 Å². The van der Waals surface area contributed by atoms with Crippen molar-refractivity contribution >= 4 is 5.97 Å². The van der Waals surface area contributed by atoms with Crippen LogP contribution in [0.15, 0.2) is 0 Å². The lowest BCUT2D eigenvalue weighted by atomic mass is 9.95. The lowest BCUT2D eigenvalue weighted by molar-refractivity contribution is -0.147. The number of piperidine rings is 1. The van der Waals surface area contributed by atoms with Crippen molar-refractivity contribution in [3.8, 4) is 0 Å². The zero-order valence-corrected chi connectivity index (χ0v) is 6.54. The van der Waals surface area contributed by atoms with E-state index in [9.17, 15) is 4.79 Å². The molecule has 0 saturated carbocycles. The second-order valence-electron chi connectivity index (χ2n) is 2.71. The average Bonchev–Trinajstić information content (AvgIpc) is 2.04. The summed E-state index contributed by atoms with van der Waals surface area (Å²) in [6.07, 6.45) is 0.495. The molecule has 4 heteroatoms. The molecule has 0 amide bonds. The van der Waals surface area contributed by atoms with Crippen molar-refractivity contribution in [2.24, 2.45) is 5.92 Å². The zero-order chi connectivity index (χ0) is 8.27. The maximum absolute atomic E-state index is 10.6. The van der Waals surface area contributed by atoms with Crippen molar-refractivity contribution in [3.05, 3.63) is 0 Å². The molecule has 1 aliphatic heterocycles. The number of nitrogens with one attached hydrogen (secondary N) is 1. The van der Waals surface area contributed by atoms with Gasteiger partial charge in [-0.05, 0) is 13.0 Å². The van der Waals surface area contributed by atoms with Crippen molar-refractivity contribution in [1.29, 1.82) is 0 Å². The fourth-order valence-electron chi connectivity index (χ4n) is 1.36. The van der Waals surface area contributed by atoms with Crippen LogP contribution < -0.4 is 5.32 Å². The van der Waals surface area contributed by atoms with Crippen LogP contribution in [0.1, 0.15) is 6.42 Å². The van der Waals surface area contributed by atoms with Crippen molar-refractivity contribution < 1.29 is 14.6 Å². The topological polar surface area (TPSA) is 58.6 Å². The molecule has 0 aliphatic carbocycles. The van der Waals surface area contributed by atoms with Gasteiger partial charge in [0.25, 0.3) is 0 Å². The van der Waals surface area contributed by atoms with Gasteiger partial charge in [-0.3, -0.25) is 4.79 Å². The number of methoxy groups -OCH3 is 1. The minimum atomic E-state index is -0.752. The summed E-state index contributed by atoms with van der Waals surface area (Å²) in [4.78, 5) is 10.6. The summed E-state index contributed by atoms with van der Waals surface area (Å²) in [6, 6.07) is 0. The highest BCUT2D eigenvalue weighted by atomic mass is 16.5. The second kappa shape index (κ2) is 3.69. The standard InChI is InChI=1S/C7H13NO3/c1-11-6-4-8-3-2-5(6)7(9)10/h5-6,8H,2-4H2,1H3,(H,9,10)/t5-,6+/m1/s1. The Kier molecular flexibility index (Phi) is 2.84. The van der Waals surface area contributed by atoms with Gasteiger partial charge in [0.15, 0.2) is 0 Å². The van der Waals surface area contributed by atoms with Crippen LogP contribution in [0.3, 0.4) is 0 Å². The molecule has 1 fully saturated rings. The molecule has 1 heterocycles. The average molecular weight is 159 g/mol. The predicted octanol–water partition coefficient (Wildman–Crippen LogP) is -0.305. The van der Waals surface area contributed by atoms with Gasteiger partial charge in [-0.2, -0.15) is 0 Å². The molecule has 2 N–H and O–H groups in total. The van der Waals surface area contributed by atoms with Crippen LogP contribution in [0, 0.1) is 5.92 Å². The van der Waals surface area contributed by atoms with E-state index < -0.39 is 5.97 Å². The van der Waals surface area contributed by atoms with Crippen molar-refractivity contribution in [2.75, 3.05) is 20.2 Å². The molecule has 2 atom stereocenters. The second-order valence-corrected chi connectivity index (χ2v) is 2.71. The Hall–Kier alpha value is -0.610. The SMILES string of the molecule is CO[C@H]1CNCC[C@H]1C(=O)O. The van der Waals surface area contributed by atoms with Crippen molar-refractivity contribution in [3.63, 3.8) is 0 Å². The van der Waals surface area contributed by atoms with Gasteiger partial charge in [-0.25, -0.2) is 0 Å². The van der Waals surface area contributed by atoms with Crippen molar-refractivity contribution in [1.82, 2.24) is 5.32 Å². The highest BCUT2D eigenvalue weighted by molar-refractivity contribution is 5.70. The number of carboxylic acid groups (broad SMARTS) is 1. The van der Waals surface area contributed by atoms with Gasteiger partial charge in [-0.1, -0.05) is 0 Å². The van der Waals surface area contributed by atoms with Gasteiger partial charge in [0.2, 0.25) is 0 Å². The number of ether oxygens (including phenoxy) is 1. The molecular formula is C7H13NO3. The fourth-order valence-corrected chi connectivity index (χ4v) is 1.36. The van der Waals surface area contributed by atoms with E-state index in [1.165, 1.54) is 0 Å². The first-order valence-corrected chi connectivity index (χ1v) is 3.72. The van der Waals surface area contributed by atoms with Gasteiger partial charge in [0.05, 0.1) is 12.0 Å². The Balaban J connectivity index is 2.51. The molecule has 0 radical (unpaired) electrons. The summed E-state index contributed by atoms with van der Waals surface area (Å²) >= 11 is 0. The lowest BCUT2D eigenvalue weighted by Gasteiger charge is -2.27. The molecule has 11 heavy (non-hydrogen) atoms. The Bertz CT molecular complexity index is 149. The van der Waals surface area contributed by atoms with Crippen LogP contribution in [0.4, 0.5) is 0 Å². The number of rotatable bonds is 2. The van der Waals surface area contributed by atoms with Crippen LogP contribution in [0.2, 0.25) is 0 Å². The number of aliphatic carboxylic acids is 1. The highest BCUT2D eigenvalue weighted by Crippen LogP contribution is 2.14. The Morgan fingerprint density at radius 3 is 2.91 bits per heavy atom. The molecule has 0 aromatic heterocycles. The van der Waals surface area contributed by atoms with E-state index in [-0.39, 0.29) is 12.0 Å². The zero-order valence-electron chi connectivity index (χ0n) is 6.54. The monoisotopic (exact) mass is 159 g/mol. The molecular weight excluding hydrogens is 146 g/mol. The molecule has 64 valence electrons. The van der Waals surface area contributed by atoms with Gasteiger partial charge < -0.3 is 15.2 Å². The number of carbonyl (C=O) groups is 1. The number of carboxylic acids is 1. The third-order valence-electron chi connectivity index (χ3n) is 2.05. The Morgan fingerprint density at radius 2 is 2.45 bits per heavy atom. The molecule has 0 aromatic carbocycles. The summed E-state index contributed by atoms with van der Waals surface area (Å²) in [5.41, 5.74) is 0. The fraction of sp³-hybridized carbons (Fsp3) is 0.857. The first-order valence-electron chi connectivity index (χ1n) is 3.72. The summed E-state index contributed by atoms with van der Waals surface area (Å²) in [7, 11) is 1.55. The molecule has 0 unspecified atom stereocenters. The maximum Gasteiger partial charge on any atom is 0.309 e. The first-order chi connectivity index (χ1) is 5.25. The van der Waals surface area contributed by atoms with E-state index in [0.29, 0.717) is 13.0 Å². The van der Waals surface area contributed by atoms with Crippen LogP contribution in [0.5, 0.6) is 0 Å². The third-order valence-corrected chi connectivity index (χ3v) is 2.05. The molecule has 0 spiro atoms. The molecule has 0 aromatic rings. The normalized spacial score (nSPS) is 31.7. The number of hydrogen-bond acceptors (Lipinski definition) is 3. The lowest BCUT2D eigenvalue weighted by Crippen LogP contribution is -2.44. The van der Waals surface area contributed by atoms with Gasteiger partial charge in [0.1, 0.15) is 0 Å². The molecule has 0 bridgehead atoms. The molecule has 1 rings (SSSR count). The van der Waals surface area contributed by atoms with E-state index in [4.69, 9.17) is 9.84 Å². The third kappa shape index (κ3) is 1.91. The van der Waals surface area contributed by atoms with Crippen LogP contribution in [-0.2, 0) is 9.53 Å². The highest BCUT2D eigenvalue weighted by Gasteiger charge is 2.30. The quantitative estimate of drug-likeness (QED) is 0.580. The van der Waals surface area contributed by atoms with E-state index in [1.54, 1.807) is 7.11 Å². The smallest absolute Gasteiger partial charge is 0.309 e. The van der Waals surface area contributed by atoms with Gasteiger partial charge in [-0.15, -0.1) is 0 Å². The van der Waals surface area contributed by atoms with Gasteiger partial charge >= 0.3 is 5.97 Å². The van der Waals surface area contributed by atoms with Crippen LogP contribution >= 0.6 is 0 Å². The minimum Gasteiger partial charge on any atom is -0.481 e. The van der Waals surface area contributed by atoms with E-state index >= 15 is 0 Å². The van der Waals surface area contributed by atoms with E-state index in [0.717, 1.165) is 6.54 Å². The summed E-state index contributed by atoms with van der Waals surface area (Å²) in [5.74, 6) is -1.08. The minimum absolute atomic E-state index is 0.166. The van der Waals surface area contributed by atoms with Crippen LogP contribution in [-0.4, -0.2) is 37.4 Å². The predicted molar refractivity (Wildman–Crippen MR) is 39.4 cm³/mol. The van der Waals surface area contributed by atoms with E-state index in [1.807, 2.05) is 0 Å². The molecule has 1 aliphatic rings. The maximum atomic E-state index is 10.6. The number of hydrogen-bond donors (Lipinski definition) is 2.